The normalized spacial score (nSPS) is 16.2. The molecule has 1 saturated heterocycles. The molecule has 0 unspecified atom stereocenters. The molecule has 1 aromatic carbocycles. The number of nitriles is 1. The Kier molecular flexibility index (Phi) is 4.43. The summed E-state index contributed by atoms with van der Waals surface area (Å²) in [6, 6.07) is 7.28. The van der Waals surface area contributed by atoms with Crippen LogP contribution >= 0.6 is 0 Å². The third-order valence-electron chi connectivity index (χ3n) is 3.24. The highest BCUT2D eigenvalue weighted by Crippen LogP contribution is 2.20. The fraction of sp³-hybridized carbons (Fsp3) is 0.500. The zero-order chi connectivity index (χ0) is 12.8. The van der Waals surface area contributed by atoms with Gasteiger partial charge in [-0.3, -0.25) is 4.90 Å². The maximum Gasteiger partial charge on any atom is 0.137 e. The van der Waals surface area contributed by atoms with E-state index < -0.39 is 0 Å². The number of hydrogen-bond acceptors (Lipinski definition) is 4. The van der Waals surface area contributed by atoms with Crippen LogP contribution in [0, 0.1) is 11.3 Å². The van der Waals surface area contributed by atoms with Gasteiger partial charge in [-0.15, -0.1) is 0 Å². The highest BCUT2D eigenvalue weighted by molar-refractivity contribution is 5.53. The molecule has 0 radical (unpaired) electrons. The van der Waals surface area contributed by atoms with Gasteiger partial charge in [0.05, 0.1) is 5.56 Å². The van der Waals surface area contributed by atoms with Crippen molar-refractivity contribution in [2.75, 3.05) is 32.0 Å². The van der Waals surface area contributed by atoms with Crippen LogP contribution in [-0.4, -0.2) is 31.1 Å². The predicted molar refractivity (Wildman–Crippen MR) is 71.4 cm³/mol. The number of nitrogens with zero attached hydrogens (tertiary/aromatic N) is 2. The molecule has 0 saturated carbocycles. The van der Waals surface area contributed by atoms with Gasteiger partial charge < -0.3 is 10.5 Å². The zero-order valence-electron chi connectivity index (χ0n) is 10.6. The van der Waals surface area contributed by atoms with Crippen molar-refractivity contribution in [1.29, 1.82) is 5.26 Å². The lowest BCUT2D eigenvalue weighted by atomic mass is 10.1. The number of hydrogen-bond donors (Lipinski definition) is 1. The molecule has 18 heavy (non-hydrogen) atoms. The van der Waals surface area contributed by atoms with Crippen LogP contribution in [0.5, 0.6) is 5.75 Å². The molecule has 0 amide bonds. The van der Waals surface area contributed by atoms with Gasteiger partial charge in [-0.25, -0.2) is 0 Å². The van der Waals surface area contributed by atoms with E-state index in [0.717, 1.165) is 19.6 Å². The summed E-state index contributed by atoms with van der Waals surface area (Å²) in [5.41, 5.74) is 6.73. The molecule has 4 heteroatoms. The number of anilines is 1. The van der Waals surface area contributed by atoms with Crippen LogP contribution < -0.4 is 10.5 Å². The quantitative estimate of drug-likeness (QED) is 0.824. The fourth-order valence-electron chi connectivity index (χ4n) is 2.23. The van der Waals surface area contributed by atoms with Crippen LogP contribution in [0.4, 0.5) is 5.69 Å². The van der Waals surface area contributed by atoms with Gasteiger partial charge in [0.1, 0.15) is 18.4 Å². The van der Waals surface area contributed by atoms with Crippen molar-refractivity contribution in [3.05, 3.63) is 23.8 Å². The first kappa shape index (κ1) is 12.7. The van der Waals surface area contributed by atoms with E-state index in [-0.39, 0.29) is 0 Å². The lowest BCUT2D eigenvalue weighted by Gasteiger charge is -2.26. The van der Waals surface area contributed by atoms with Gasteiger partial charge in [0.15, 0.2) is 0 Å². The maximum absolute atomic E-state index is 8.99. The summed E-state index contributed by atoms with van der Waals surface area (Å²) >= 11 is 0. The highest BCUT2D eigenvalue weighted by Gasteiger charge is 2.10. The third-order valence-corrected chi connectivity index (χ3v) is 3.24. The Morgan fingerprint density at radius 3 is 2.78 bits per heavy atom. The van der Waals surface area contributed by atoms with E-state index in [1.807, 2.05) is 0 Å². The SMILES string of the molecule is N#Cc1cc(N)ccc1OCCN1CCCCC1. The average molecular weight is 245 g/mol. The summed E-state index contributed by atoms with van der Waals surface area (Å²) in [6.07, 6.45) is 3.91. The number of ether oxygens (including phenoxy) is 1. The van der Waals surface area contributed by atoms with Crippen LogP contribution in [0.2, 0.25) is 0 Å². The molecule has 4 nitrogen and oxygen atoms in total. The Morgan fingerprint density at radius 2 is 2.06 bits per heavy atom. The summed E-state index contributed by atoms with van der Waals surface area (Å²) < 4.78 is 5.67. The van der Waals surface area contributed by atoms with Crippen LogP contribution in [0.15, 0.2) is 18.2 Å². The largest absolute Gasteiger partial charge is 0.491 e. The first-order valence-electron chi connectivity index (χ1n) is 6.44. The second-order valence-electron chi connectivity index (χ2n) is 4.62. The Hall–Kier alpha value is -1.73. The van der Waals surface area contributed by atoms with E-state index in [0.29, 0.717) is 23.6 Å². The monoisotopic (exact) mass is 245 g/mol. The molecule has 0 aliphatic carbocycles. The van der Waals surface area contributed by atoms with Crippen molar-refractivity contribution in [3.63, 3.8) is 0 Å². The second kappa shape index (κ2) is 6.27. The molecule has 1 aromatic rings. The molecule has 0 aromatic heterocycles. The molecule has 1 fully saturated rings. The molecule has 0 spiro atoms. The maximum atomic E-state index is 8.99. The molecule has 0 bridgehead atoms. The molecular formula is C14H19N3O. The predicted octanol–water partition coefficient (Wildman–Crippen LogP) is 2.01. The minimum absolute atomic E-state index is 0.508. The van der Waals surface area contributed by atoms with Gasteiger partial charge in [-0.2, -0.15) is 5.26 Å². The molecule has 1 aliphatic rings. The third kappa shape index (κ3) is 3.38. The molecule has 2 N–H and O–H groups in total. The Bertz CT molecular complexity index is 433. The van der Waals surface area contributed by atoms with E-state index in [1.54, 1.807) is 18.2 Å². The lowest BCUT2D eigenvalue weighted by Crippen LogP contribution is -2.33. The minimum atomic E-state index is 0.508. The van der Waals surface area contributed by atoms with Crippen molar-refractivity contribution in [1.82, 2.24) is 4.90 Å². The van der Waals surface area contributed by atoms with Crippen LogP contribution in [0.1, 0.15) is 24.8 Å². The van der Waals surface area contributed by atoms with Crippen molar-refractivity contribution in [3.8, 4) is 11.8 Å². The van der Waals surface area contributed by atoms with Gasteiger partial charge in [0, 0.05) is 12.2 Å². The summed E-state index contributed by atoms with van der Waals surface area (Å²) in [6.45, 7) is 3.88. The molecule has 1 heterocycles. The van der Waals surface area contributed by atoms with Crippen molar-refractivity contribution >= 4 is 5.69 Å². The van der Waals surface area contributed by atoms with Crippen molar-refractivity contribution in [2.45, 2.75) is 19.3 Å². The summed E-state index contributed by atoms with van der Waals surface area (Å²) in [5, 5.41) is 8.99. The van der Waals surface area contributed by atoms with Crippen LogP contribution in [-0.2, 0) is 0 Å². The number of nitrogen functional groups attached to an aromatic ring is 1. The minimum Gasteiger partial charge on any atom is -0.491 e. The highest BCUT2D eigenvalue weighted by atomic mass is 16.5. The van der Waals surface area contributed by atoms with Gasteiger partial charge in [-0.1, -0.05) is 6.42 Å². The van der Waals surface area contributed by atoms with Crippen molar-refractivity contribution in [2.24, 2.45) is 0 Å². The number of piperidine rings is 1. The smallest absolute Gasteiger partial charge is 0.137 e. The fourth-order valence-corrected chi connectivity index (χ4v) is 2.23. The van der Waals surface area contributed by atoms with Crippen LogP contribution in [0.3, 0.4) is 0 Å². The molecule has 2 rings (SSSR count). The number of benzene rings is 1. The Labute approximate surface area is 108 Å². The summed E-state index contributed by atoms with van der Waals surface area (Å²) in [5.74, 6) is 0.628. The van der Waals surface area contributed by atoms with Crippen molar-refractivity contribution < 1.29 is 4.74 Å². The Morgan fingerprint density at radius 1 is 1.28 bits per heavy atom. The molecule has 96 valence electrons. The second-order valence-corrected chi connectivity index (χ2v) is 4.62. The lowest BCUT2D eigenvalue weighted by molar-refractivity contribution is 0.183. The standard InChI is InChI=1S/C14H19N3O/c15-11-12-10-13(16)4-5-14(12)18-9-8-17-6-2-1-3-7-17/h4-5,10H,1-3,6-9,16H2. The van der Waals surface area contributed by atoms with Gasteiger partial charge in [0.2, 0.25) is 0 Å². The summed E-state index contributed by atoms with van der Waals surface area (Å²) in [4.78, 5) is 2.41. The van der Waals surface area contributed by atoms with E-state index >= 15 is 0 Å². The first-order valence-corrected chi connectivity index (χ1v) is 6.44. The average Bonchev–Trinajstić information content (AvgIpc) is 2.41. The van der Waals surface area contributed by atoms with E-state index in [1.165, 1.54) is 19.3 Å². The molecule has 0 atom stereocenters. The van der Waals surface area contributed by atoms with E-state index in [2.05, 4.69) is 11.0 Å². The number of likely N-dealkylation sites (tertiary alicyclic amines) is 1. The molecule has 1 aliphatic heterocycles. The number of nitrogens with two attached hydrogens (primary N) is 1. The molecular weight excluding hydrogens is 226 g/mol. The van der Waals surface area contributed by atoms with Gasteiger partial charge >= 0.3 is 0 Å². The summed E-state index contributed by atoms with van der Waals surface area (Å²) in [7, 11) is 0. The topological polar surface area (TPSA) is 62.3 Å². The Balaban J connectivity index is 1.84. The van der Waals surface area contributed by atoms with Gasteiger partial charge in [-0.05, 0) is 44.1 Å². The van der Waals surface area contributed by atoms with Gasteiger partial charge in [0.25, 0.3) is 0 Å². The van der Waals surface area contributed by atoms with E-state index in [9.17, 15) is 0 Å². The number of rotatable bonds is 4. The zero-order valence-corrected chi connectivity index (χ0v) is 10.6. The van der Waals surface area contributed by atoms with Crippen LogP contribution in [0.25, 0.3) is 0 Å². The van der Waals surface area contributed by atoms with E-state index in [4.69, 9.17) is 15.7 Å². The first-order chi connectivity index (χ1) is 8.79.